The topological polar surface area (TPSA) is 50.6 Å². The molecule has 3 rings (SSSR count). The number of nitrogens with zero attached hydrogens (tertiary/aromatic N) is 4. The van der Waals surface area contributed by atoms with Crippen LogP contribution in [0.2, 0.25) is 0 Å². The summed E-state index contributed by atoms with van der Waals surface area (Å²) >= 11 is 0. The predicted molar refractivity (Wildman–Crippen MR) is 98.8 cm³/mol. The lowest BCUT2D eigenvalue weighted by atomic mass is 10.1. The van der Waals surface area contributed by atoms with Crippen molar-refractivity contribution >= 4 is 17.3 Å². The average Bonchev–Trinajstić information content (AvgIpc) is 3.04. The van der Waals surface area contributed by atoms with Gasteiger partial charge in [0.05, 0.1) is 29.5 Å². The number of methoxy groups -OCH3 is 1. The number of ether oxygens (including phenoxy) is 1. The molecule has 1 aliphatic heterocycles. The number of aryl methyl sites for hydroxylation is 1. The smallest absolute Gasteiger partial charge is 0.231 e. The van der Waals surface area contributed by atoms with E-state index in [1.807, 2.05) is 43.0 Å². The van der Waals surface area contributed by atoms with Gasteiger partial charge in [-0.2, -0.15) is 5.10 Å². The van der Waals surface area contributed by atoms with Gasteiger partial charge in [-0.05, 0) is 24.6 Å². The van der Waals surface area contributed by atoms with E-state index in [0.717, 1.165) is 43.2 Å². The van der Waals surface area contributed by atoms with E-state index in [1.165, 1.54) is 0 Å². The number of anilines is 2. The van der Waals surface area contributed by atoms with Crippen LogP contribution in [0, 0.1) is 5.92 Å². The summed E-state index contributed by atoms with van der Waals surface area (Å²) in [6, 6.07) is 10.1. The molecule has 1 aliphatic rings. The molecule has 0 bridgehead atoms. The number of amides is 1. The first-order chi connectivity index (χ1) is 12.1. The molecule has 25 heavy (non-hydrogen) atoms. The van der Waals surface area contributed by atoms with Gasteiger partial charge in [0, 0.05) is 40.1 Å². The van der Waals surface area contributed by atoms with Gasteiger partial charge in [-0.15, -0.1) is 0 Å². The van der Waals surface area contributed by atoms with E-state index in [0.29, 0.717) is 6.54 Å². The number of para-hydroxylation sites is 2. The Morgan fingerprint density at radius 2 is 2.00 bits per heavy atom. The second-order valence-electron chi connectivity index (χ2n) is 6.56. The van der Waals surface area contributed by atoms with E-state index in [1.54, 1.807) is 12.0 Å². The molecule has 0 saturated heterocycles. The Labute approximate surface area is 149 Å². The molecule has 0 aliphatic carbocycles. The third-order valence-electron chi connectivity index (χ3n) is 4.71. The minimum Gasteiger partial charge on any atom is -0.385 e. The van der Waals surface area contributed by atoms with Gasteiger partial charge >= 0.3 is 0 Å². The number of carbonyl (C=O) groups excluding carboxylic acids is 1. The molecular formula is C19H26N4O2. The van der Waals surface area contributed by atoms with Crippen LogP contribution in [0.15, 0.2) is 36.5 Å². The van der Waals surface area contributed by atoms with Gasteiger partial charge in [-0.1, -0.05) is 19.1 Å². The molecule has 2 aromatic rings. The van der Waals surface area contributed by atoms with Crippen LogP contribution in [0.4, 0.5) is 11.4 Å². The van der Waals surface area contributed by atoms with Crippen molar-refractivity contribution in [1.82, 2.24) is 9.78 Å². The van der Waals surface area contributed by atoms with E-state index < -0.39 is 0 Å². The molecule has 0 spiro atoms. The summed E-state index contributed by atoms with van der Waals surface area (Å²) < 4.78 is 7.17. The highest BCUT2D eigenvalue weighted by Gasteiger charge is 2.29. The maximum absolute atomic E-state index is 12.6. The van der Waals surface area contributed by atoms with Crippen molar-refractivity contribution < 1.29 is 9.53 Å². The number of aromatic nitrogens is 2. The molecule has 1 aromatic heterocycles. The highest BCUT2D eigenvalue weighted by molar-refractivity contribution is 5.99. The van der Waals surface area contributed by atoms with Crippen LogP contribution < -0.4 is 9.80 Å². The van der Waals surface area contributed by atoms with E-state index in [9.17, 15) is 4.79 Å². The SMILES string of the molecule is COCCCn1nccc1CN1CC(C)C(=O)N(C)c2ccccc21. The van der Waals surface area contributed by atoms with Crippen molar-refractivity contribution in [3.8, 4) is 0 Å². The lowest BCUT2D eigenvalue weighted by Gasteiger charge is -2.26. The Balaban J connectivity index is 1.86. The van der Waals surface area contributed by atoms with Crippen LogP contribution in [0.3, 0.4) is 0 Å². The number of rotatable bonds is 6. The monoisotopic (exact) mass is 342 g/mol. The van der Waals surface area contributed by atoms with Crippen molar-refractivity contribution in [1.29, 1.82) is 0 Å². The third-order valence-corrected chi connectivity index (χ3v) is 4.71. The number of hydrogen-bond acceptors (Lipinski definition) is 4. The third kappa shape index (κ3) is 3.69. The quantitative estimate of drug-likeness (QED) is 0.757. The summed E-state index contributed by atoms with van der Waals surface area (Å²) in [5, 5.41) is 4.44. The molecule has 0 fully saturated rings. The Kier molecular flexibility index (Phi) is 5.38. The van der Waals surface area contributed by atoms with Crippen LogP contribution >= 0.6 is 0 Å². The fourth-order valence-corrected chi connectivity index (χ4v) is 3.37. The van der Waals surface area contributed by atoms with Gasteiger partial charge in [0.2, 0.25) is 5.91 Å². The second kappa shape index (κ2) is 7.70. The Morgan fingerprint density at radius 1 is 1.24 bits per heavy atom. The predicted octanol–water partition coefficient (Wildman–Crippen LogP) is 2.54. The summed E-state index contributed by atoms with van der Waals surface area (Å²) in [5.41, 5.74) is 3.20. The van der Waals surface area contributed by atoms with E-state index in [-0.39, 0.29) is 11.8 Å². The maximum atomic E-state index is 12.6. The Hall–Kier alpha value is -2.34. The molecule has 6 nitrogen and oxygen atoms in total. The van der Waals surface area contributed by atoms with Gasteiger partial charge in [0.15, 0.2) is 0 Å². The zero-order valence-electron chi connectivity index (χ0n) is 15.2. The second-order valence-corrected chi connectivity index (χ2v) is 6.56. The van der Waals surface area contributed by atoms with Gasteiger partial charge in [-0.25, -0.2) is 0 Å². The van der Waals surface area contributed by atoms with Crippen molar-refractivity contribution in [2.45, 2.75) is 26.4 Å². The number of fused-ring (bicyclic) bond motifs is 1. The Morgan fingerprint density at radius 3 is 2.76 bits per heavy atom. The summed E-state index contributed by atoms with van der Waals surface area (Å²) in [4.78, 5) is 16.6. The number of hydrogen-bond donors (Lipinski definition) is 0. The minimum absolute atomic E-state index is 0.0535. The molecule has 2 heterocycles. The van der Waals surface area contributed by atoms with Crippen LogP contribution in [0.5, 0.6) is 0 Å². The first-order valence-electron chi connectivity index (χ1n) is 8.73. The molecule has 1 atom stereocenters. The number of benzene rings is 1. The van der Waals surface area contributed by atoms with Crippen LogP contribution in [-0.2, 0) is 22.6 Å². The molecule has 1 amide bonds. The first kappa shape index (κ1) is 17.5. The molecule has 0 radical (unpaired) electrons. The summed E-state index contributed by atoms with van der Waals surface area (Å²) in [6.07, 6.45) is 2.77. The van der Waals surface area contributed by atoms with Crippen molar-refractivity contribution in [3.63, 3.8) is 0 Å². The normalized spacial score (nSPS) is 17.6. The fraction of sp³-hybridized carbons (Fsp3) is 0.474. The zero-order valence-corrected chi connectivity index (χ0v) is 15.2. The fourth-order valence-electron chi connectivity index (χ4n) is 3.37. The molecule has 0 saturated carbocycles. The van der Waals surface area contributed by atoms with Gasteiger partial charge in [-0.3, -0.25) is 9.48 Å². The highest BCUT2D eigenvalue weighted by atomic mass is 16.5. The highest BCUT2D eigenvalue weighted by Crippen LogP contribution is 2.34. The maximum Gasteiger partial charge on any atom is 0.231 e. The van der Waals surface area contributed by atoms with Crippen LogP contribution in [0.25, 0.3) is 0 Å². The largest absolute Gasteiger partial charge is 0.385 e. The van der Waals surface area contributed by atoms with E-state index >= 15 is 0 Å². The first-order valence-corrected chi connectivity index (χ1v) is 8.73. The molecule has 0 N–H and O–H groups in total. The molecule has 134 valence electrons. The lowest BCUT2D eigenvalue weighted by Crippen LogP contribution is -2.34. The van der Waals surface area contributed by atoms with Gasteiger partial charge < -0.3 is 14.5 Å². The standard InChI is InChI=1S/C19H26N4O2/c1-15-13-22(14-16-9-10-20-23(16)11-6-12-25-3)18-8-5-4-7-17(18)21(2)19(15)24/h4-5,7-10,15H,6,11-14H2,1-3H3. The average molecular weight is 342 g/mol. The van der Waals surface area contributed by atoms with E-state index in [4.69, 9.17) is 4.74 Å². The molecule has 1 unspecified atom stereocenters. The van der Waals surface area contributed by atoms with Gasteiger partial charge in [0.25, 0.3) is 0 Å². The lowest BCUT2D eigenvalue weighted by molar-refractivity contribution is -0.121. The molecular weight excluding hydrogens is 316 g/mol. The summed E-state index contributed by atoms with van der Waals surface area (Å²) in [7, 11) is 3.57. The van der Waals surface area contributed by atoms with Crippen LogP contribution in [0.1, 0.15) is 19.0 Å². The summed E-state index contributed by atoms with van der Waals surface area (Å²) in [5.74, 6) is 0.103. The Bertz CT molecular complexity index is 728. The van der Waals surface area contributed by atoms with Crippen LogP contribution in [-0.4, -0.2) is 43.0 Å². The van der Waals surface area contributed by atoms with E-state index in [2.05, 4.69) is 22.1 Å². The molecule has 6 heteroatoms. The van der Waals surface area contributed by atoms with Crippen molar-refractivity contribution in [2.75, 3.05) is 37.1 Å². The van der Waals surface area contributed by atoms with Crippen molar-refractivity contribution in [3.05, 3.63) is 42.2 Å². The summed E-state index contributed by atoms with van der Waals surface area (Å²) in [6.45, 7) is 4.98. The van der Waals surface area contributed by atoms with Gasteiger partial charge in [0.1, 0.15) is 0 Å². The van der Waals surface area contributed by atoms with Crippen molar-refractivity contribution in [2.24, 2.45) is 5.92 Å². The molecule has 1 aromatic carbocycles. The minimum atomic E-state index is -0.0535. The zero-order chi connectivity index (χ0) is 17.8. The number of carbonyl (C=O) groups is 1.